The van der Waals surface area contributed by atoms with Gasteiger partial charge in [-0.2, -0.15) is 0 Å². The molecule has 2 aromatic carbocycles. The number of fused-ring (bicyclic) bond motifs is 3. The number of amides is 3. The van der Waals surface area contributed by atoms with Crippen LogP contribution in [0.1, 0.15) is 60.4 Å². The fraction of sp³-hybridized carbons (Fsp3) is 0.450. The molecule has 2 aliphatic carbocycles. The molecule has 1 saturated carbocycles. The third-order valence-electron chi connectivity index (χ3n) is 11.6. The van der Waals surface area contributed by atoms with Crippen molar-refractivity contribution in [1.29, 1.82) is 0 Å². The minimum absolute atomic E-state index is 0.00424. The van der Waals surface area contributed by atoms with Crippen molar-refractivity contribution in [2.75, 3.05) is 31.3 Å². The summed E-state index contributed by atoms with van der Waals surface area (Å²) >= 11 is 0. The van der Waals surface area contributed by atoms with E-state index >= 15 is 0 Å². The summed E-state index contributed by atoms with van der Waals surface area (Å²) in [5.41, 5.74) is 0.840. The number of pyridine rings is 1. The van der Waals surface area contributed by atoms with Crippen molar-refractivity contribution in [3.05, 3.63) is 100 Å². The molecule has 2 fully saturated rings. The van der Waals surface area contributed by atoms with Crippen LogP contribution in [0.5, 0.6) is 0 Å². The Bertz CT molecular complexity index is 1940. The number of ether oxygens (including phenoxy) is 1. The van der Waals surface area contributed by atoms with Crippen molar-refractivity contribution < 1.29 is 33.0 Å². The largest absolute Gasteiger partial charge is 0.465 e. The number of halogens is 2. The highest BCUT2D eigenvalue weighted by molar-refractivity contribution is 6.76. The van der Waals surface area contributed by atoms with Crippen molar-refractivity contribution in [2.45, 2.75) is 87.6 Å². The van der Waals surface area contributed by atoms with Gasteiger partial charge in [0.2, 0.25) is 11.8 Å². The van der Waals surface area contributed by atoms with E-state index in [0.29, 0.717) is 50.9 Å². The van der Waals surface area contributed by atoms with Gasteiger partial charge in [-0.3, -0.25) is 19.4 Å². The molecular formula is C40H46F2N4O5Si. The molecule has 0 radical (unpaired) electrons. The number of carbonyl (C=O) groups is 3. The van der Waals surface area contributed by atoms with E-state index in [2.05, 4.69) is 30.7 Å². The van der Waals surface area contributed by atoms with Crippen LogP contribution >= 0.6 is 0 Å². The molecule has 52 heavy (non-hydrogen) atoms. The average molecular weight is 729 g/mol. The van der Waals surface area contributed by atoms with Crippen molar-refractivity contribution >= 4 is 37.9 Å². The molecule has 2 aliphatic heterocycles. The molecule has 4 aliphatic rings. The highest BCUT2D eigenvalue weighted by Crippen LogP contribution is 2.50. The van der Waals surface area contributed by atoms with Gasteiger partial charge in [-0.25, -0.2) is 18.6 Å². The van der Waals surface area contributed by atoms with Gasteiger partial charge in [0.05, 0.1) is 17.5 Å². The molecule has 2 spiro atoms. The van der Waals surface area contributed by atoms with E-state index in [4.69, 9.17) is 4.74 Å². The Kier molecular flexibility index (Phi) is 9.14. The standard InChI is InChI=1S/C40H46F2N4O5Si/c1-38(30-20-31(41)22-32(42)21-30)25-46(37(49)50)40(13-5-6-14-40)36(48)45(38)16-8-9-27-11-12-28-23-39(24-29(28)19-27)33-10-7-15-43-34(33)44(35(39)47)26-51-17-18-52(2,3)4/h7-12,15,19-22H,5-6,13-14,16-18,23-26H2,1-4H3,(H,49,50)/t38-,39?/m0/s1. The van der Waals surface area contributed by atoms with Crippen molar-refractivity contribution in [3.63, 3.8) is 0 Å². The lowest BCUT2D eigenvalue weighted by atomic mass is 9.79. The minimum Gasteiger partial charge on any atom is -0.465 e. The van der Waals surface area contributed by atoms with E-state index in [1.54, 1.807) is 22.9 Å². The second-order valence-corrected chi connectivity index (χ2v) is 21.9. The third-order valence-corrected chi connectivity index (χ3v) is 13.3. The zero-order chi connectivity index (χ0) is 37.1. The Morgan fingerprint density at radius 1 is 1.00 bits per heavy atom. The first kappa shape index (κ1) is 36.0. The number of hydrogen-bond donors (Lipinski definition) is 1. The third kappa shape index (κ3) is 6.13. The summed E-state index contributed by atoms with van der Waals surface area (Å²) in [6, 6.07) is 14.1. The second kappa shape index (κ2) is 13.2. The Hall–Kier alpha value is -4.42. The van der Waals surface area contributed by atoms with Crippen molar-refractivity contribution in [1.82, 2.24) is 14.8 Å². The van der Waals surface area contributed by atoms with E-state index in [0.717, 1.165) is 34.4 Å². The van der Waals surface area contributed by atoms with E-state index < -0.39 is 42.3 Å². The summed E-state index contributed by atoms with van der Waals surface area (Å²) in [4.78, 5) is 50.2. The second-order valence-electron chi connectivity index (χ2n) is 16.3. The quantitative estimate of drug-likeness (QED) is 0.186. The fourth-order valence-corrected chi connectivity index (χ4v) is 9.53. The number of nitrogens with zero attached hydrogens (tertiary/aromatic N) is 4. The maximum absolute atomic E-state index is 14.5. The first-order valence-corrected chi connectivity index (χ1v) is 21.8. The van der Waals surface area contributed by atoms with E-state index in [1.165, 1.54) is 17.0 Å². The number of rotatable bonds is 9. The Morgan fingerprint density at radius 2 is 1.71 bits per heavy atom. The number of hydrogen-bond acceptors (Lipinski definition) is 5. The van der Waals surface area contributed by atoms with Gasteiger partial charge in [0.15, 0.2) is 0 Å². The van der Waals surface area contributed by atoms with Gasteiger partial charge >= 0.3 is 6.09 Å². The zero-order valence-electron chi connectivity index (χ0n) is 30.3. The molecule has 3 heterocycles. The first-order valence-electron chi connectivity index (χ1n) is 18.1. The summed E-state index contributed by atoms with van der Waals surface area (Å²) in [5.74, 6) is -1.30. The predicted molar refractivity (Wildman–Crippen MR) is 197 cm³/mol. The lowest BCUT2D eigenvalue weighted by Crippen LogP contribution is -2.72. The van der Waals surface area contributed by atoms with Gasteiger partial charge in [0.25, 0.3) is 0 Å². The molecule has 7 rings (SSSR count). The number of anilines is 1. The lowest BCUT2D eigenvalue weighted by Gasteiger charge is -2.55. The van der Waals surface area contributed by atoms with Crippen LogP contribution in [0, 0.1) is 11.6 Å². The molecule has 0 bridgehead atoms. The highest BCUT2D eigenvalue weighted by Gasteiger charge is 2.59. The Labute approximate surface area is 304 Å². The van der Waals surface area contributed by atoms with Gasteiger partial charge in [0.1, 0.15) is 29.7 Å². The van der Waals surface area contributed by atoms with Crippen LogP contribution in [-0.2, 0) is 38.1 Å². The number of benzene rings is 2. The highest BCUT2D eigenvalue weighted by atomic mass is 28.3. The first-order chi connectivity index (χ1) is 24.7. The Balaban J connectivity index is 1.14. The summed E-state index contributed by atoms with van der Waals surface area (Å²) in [6.45, 7) is 9.31. The van der Waals surface area contributed by atoms with Crippen molar-refractivity contribution in [3.8, 4) is 0 Å². The van der Waals surface area contributed by atoms with Gasteiger partial charge in [0, 0.05) is 39.1 Å². The van der Waals surface area contributed by atoms with E-state index in [-0.39, 0.29) is 37.2 Å². The monoisotopic (exact) mass is 728 g/mol. The number of carboxylic acid groups (broad SMARTS) is 1. The molecule has 1 saturated heterocycles. The van der Waals surface area contributed by atoms with Crippen molar-refractivity contribution in [2.24, 2.45) is 0 Å². The number of piperazine rings is 1. The molecular weight excluding hydrogens is 683 g/mol. The predicted octanol–water partition coefficient (Wildman–Crippen LogP) is 7.12. The number of carbonyl (C=O) groups excluding carboxylic acids is 2. The lowest BCUT2D eigenvalue weighted by molar-refractivity contribution is -0.161. The maximum Gasteiger partial charge on any atom is 0.408 e. The molecule has 274 valence electrons. The van der Waals surface area contributed by atoms with Crippen LogP contribution in [-0.4, -0.2) is 77.8 Å². The van der Waals surface area contributed by atoms with Gasteiger partial charge in [-0.05, 0) is 79.1 Å². The molecule has 1 aromatic heterocycles. The molecule has 12 heteroatoms. The molecule has 9 nitrogen and oxygen atoms in total. The molecule has 1 N–H and O–H groups in total. The van der Waals surface area contributed by atoms with E-state index in [1.807, 2.05) is 36.4 Å². The normalized spacial score (nSPS) is 23.8. The zero-order valence-corrected chi connectivity index (χ0v) is 31.3. The van der Waals surface area contributed by atoms with Crippen LogP contribution in [0.25, 0.3) is 6.08 Å². The summed E-state index contributed by atoms with van der Waals surface area (Å²) in [5, 5.41) is 10.3. The topological polar surface area (TPSA) is 103 Å². The molecule has 2 atom stereocenters. The Morgan fingerprint density at radius 3 is 2.40 bits per heavy atom. The molecule has 3 amide bonds. The van der Waals surface area contributed by atoms with E-state index in [9.17, 15) is 28.3 Å². The molecule has 3 aromatic rings. The SMILES string of the molecule is C[C@@]1(c2cc(F)cc(F)c2)CN(C(=O)O)C2(CCCC2)C(=O)N1CC=Cc1ccc2c(c1)CC1(C2)C(=O)N(COCC[Si](C)(C)C)c2ncccc21. The van der Waals surface area contributed by atoms with Gasteiger partial charge in [-0.1, -0.05) is 68.9 Å². The van der Waals surface area contributed by atoms with Crippen LogP contribution in [0.15, 0.2) is 60.8 Å². The number of aromatic nitrogens is 1. The smallest absolute Gasteiger partial charge is 0.408 e. The van der Waals surface area contributed by atoms with Crippen LogP contribution < -0.4 is 4.90 Å². The minimum atomic E-state index is -1.32. The molecule has 1 unspecified atom stereocenters. The summed E-state index contributed by atoms with van der Waals surface area (Å²) < 4.78 is 35.1. The fourth-order valence-electron chi connectivity index (χ4n) is 8.77. The van der Waals surface area contributed by atoms with Crippen LogP contribution in [0.2, 0.25) is 25.7 Å². The van der Waals surface area contributed by atoms with Gasteiger partial charge in [-0.15, -0.1) is 0 Å². The average Bonchev–Trinajstić information content (AvgIpc) is 3.78. The van der Waals surface area contributed by atoms with Crippen LogP contribution in [0.4, 0.5) is 19.4 Å². The van der Waals surface area contributed by atoms with Crippen LogP contribution in [0.3, 0.4) is 0 Å². The summed E-state index contributed by atoms with van der Waals surface area (Å²) in [7, 11) is -1.29. The van der Waals surface area contributed by atoms with Gasteiger partial charge < -0.3 is 14.7 Å². The maximum atomic E-state index is 14.5. The summed E-state index contributed by atoms with van der Waals surface area (Å²) in [6.07, 6.45) is 7.55.